The van der Waals surface area contributed by atoms with Crippen molar-refractivity contribution in [3.63, 3.8) is 0 Å². The van der Waals surface area contributed by atoms with E-state index in [1.807, 2.05) is 6.07 Å². The van der Waals surface area contributed by atoms with Gasteiger partial charge in [0.25, 0.3) is 5.69 Å². The van der Waals surface area contributed by atoms with E-state index in [-0.39, 0.29) is 10.6 Å². The zero-order chi connectivity index (χ0) is 13.7. The Kier molecular flexibility index (Phi) is 4.28. The highest BCUT2D eigenvalue weighted by Gasteiger charge is 2.13. The Balaban J connectivity index is 2.30. The molecule has 0 saturated heterocycles. The van der Waals surface area contributed by atoms with Gasteiger partial charge >= 0.3 is 0 Å². The van der Waals surface area contributed by atoms with Crippen LogP contribution in [0, 0.1) is 10.1 Å². The van der Waals surface area contributed by atoms with Gasteiger partial charge in [-0.25, -0.2) is 0 Å². The van der Waals surface area contributed by atoms with E-state index in [4.69, 9.17) is 0 Å². The van der Waals surface area contributed by atoms with Crippen molar-refractivity contribution in [1.29, 1.82) is 0 Å². The molecule has 2 rings (SSSR count). The summed E-state index contributed by atoms with van der Waals surface area (Å²) in [6, 6.07) is 5.11. The van der Waals surface area contributed by atoms with Crippen LogP contribution in [-0.2, 0) is 0 Å². The molecule has 1 N–H and O–H groups in total. The molecule has 2 aromatic rings. The first-order valence-corrected chi connectivity index (χ1v) is 6.49. The average molecular weight is 259 g/mol. The third kappa shape index (κ3) is 2.99. The Morgan fingerprint density at radius 2 is 2.11 bits per heavy atom. The number of unbranched alkanes of at least 4 members (excludes halogenated alkanes) is 2. The summed E-state index contributed by atoms with van der Waals surface area (Å²) >= 11 is 0. The van der Waals surface area contributed by atoms with Crippen LogP contribution in [0.2, 0.25) is 0 Å². The Bertz CT molecular complexity index is 584. The number of nitro benzene ring substituents is 1. The zero-order valence-corrected chi connectivity index (χ0v) is 10.9. The lowest BCUT2D eigenvalue weighted by atomic mass is 10.1. The summed E-state index contributed by atoms with van der Waals surface area (Å²) in [5.41, 5.74) is 1.03. The lowest BCUT2D eigenvalue weighted by molar-refractivity contribution is -0.383. The average Bonchev–Trinajstić information content (AvgIpc) is 2.43. The van der Waals surface area contributed by atoms with E-state index in [0.29, 0.717) is 5.39 Å². The lowest BCUT2D eigenvalue weighted by Crippen LogP contribution is -2.02. The maximum atomic E-state index is 11.0. The Labute approximate surface area is 111 Å². The molecular formula is C14H17N3O2. The first-order valence-electron chi connectivity index (χ1n) is 6.49. The summed E-state index contributed by atoms with van der Waals surface area (Å²) in [7, 11) is 0. The second kappa shape index (κ2) is 6.13. The Morgan fingerprint density at radius 3 is 2.84 bits per heavy atom. The highest BCUT2D eigenvalue weighted by molar-refractivity contribution is 5.99. The molecule has 0 bridgehead atoms. The first kappa shape index (κ1) is 13.3. The number of nitrogens with zero attached hydrogens (tertiary/aromatic N) is 2. The predicted molar refractivity (Wildman–Crippen MR) is 76.4 cm³/mol. The van der Waals surface area contributed by atoms with Crippen LogP contribution in [0.3, 0.4) is 0 Å². The number of benzene rings is 1. The van der Waals surface area contributed by atoms with Crippen molar-refractivity contribution < 1.29 is 4.92 Å². The van der Waals surface area contributed by atoms with Gasteiger partial charge in [0.15, 0.2) is 0 Å². The van der Waals surface area contributed by atoms with Crippen LogP contribution in [0.4, 0.5) is 11.4 Å². The van der Waals surface area contributed by atoms with Crippen LogP contribution in [-0.4, -0.2) is 16.5 Å². The van der Waals surface area contributed by atoms with E-state index in [1.165, 1.54) is 18.9 Å². The van der Waals surface area contributed by atoms with Crippen molar-refractivity contribution in [1.82, 2.24) is 4.98 Å². The molecule has 0 fully saturated rings. The number of anilines is 1. The molecule has 0 unspecified atom stereocenters. The maximum Gasteiger partial charge on any atom is 0.278 e. The molecule has 0 radical (unpaired) electrons. The SMILES string of the molecule is CCCCCNc1ccc([N+](=O)[O-])c2cnccc12. The van der Waals surface area contributed by atoms with Crippen molar-refractivity contribution in [2.24, 2.45) is 0 Å². The molecule has 0 aliphatic carbocycles. The van der Waals surface area contributed by atoms with Crippen molar-refractivity contribution in [3.05, 3.63) is 40.7 Å². The Hall–Kier alpha value is -2.17. The van der Waals surface area contributed by atoms with Crippen LogP contribution >= 0.6 is 0 Å². The van der Waals surface area contributed by atoms with Gasteiger partial charge in [-0.05, 0) is 18.6 Å². The van der Waals surface area contributed by atoms with Crippen LogP contribution < -0.4 is 5.32 Å². The number of aromatic nitrogens is 1. The second-order valence-corrected chi connectivity index (χ2v) is 4.44. The Morgan fingerprint density at radius 1 is 1.26 bits per heavy atom. The van der Waals surface area contributed by atoms with E-state index in [9.17, 15) is 10.1 Å². The standard InChI is InChI=1S/C14H17N3O2/c1-2-3-4-8-16-13-5-6-14(17(18)19)12-10-15-9-7-11(12)13/h5-7,9-10,16H,2-4,8H2,1H3. The monoisotopic (exact) mass is 259 g/mol. The van der Waals surface area contributed by atoms with Gasteiger partial charge in [-0.15, -0.1) is 0 Å². The topological polar surface area (TPSA) is 68.1 Å². The number of non-ortho nitro benzene ring substituents is 1. The fourth-order valence-electron chi connectivity index (χ4n) is 2.09. The van der Waals surface area contributed by atoms with Gasteiger partial charge in [0.2, 0.25) is 0 Å². The van der Waals surface area contributed by atoms with Gasteiger partial charge in [-0.3, -0.25) is 15.1 Å². The third-order valence-electron chi connectivity index (χ3n) is 3.09. The van der Waals surface area contributed by atoms with Gasteiger partial charge in [0, 0.05) is 36.1 Å². The maximum absolute atomic E-state index is 11.0. The smallest absolute Gasteiger partial charge is 0.278 e. The number of rotatable bonds is 6. The molecule has 0 spiro atoms. The highest BCUT2D eigenvalue weighted by Crippen LogP contribution is 2.30. The number of hydrogen-bond acceptors (Lipinski definition) is 4. The zero-order valence-electron chi connectivity index (χ0n) is 10.9. The van der Waals surface area contributed by atoms with Crippen LogP contribution in [0.1, 0.15) is 26.2 Å². The van der Waals surface area contributed by atoms with Crippen molar-refractivity contribution in [2.45, 2.75) is 26.2 Å². The predicted octanol–water partition coefficient (Wildman–Crippen LogP) is 3.75. The van der Waals surface area contributed by atoms with Gasteiger partial charge in [0.1, 0.15) is 0 Å². The van der Waals surface area contributed by atoms with Gasteiger partial charge in [-0.1, -0.05) is 19.8 Å². The molecule has 0 aliphatic heterocycles. The highest BCUT2D eigenvalue weighted by atomic mass is 16.6. The summed E-state index contributed by atoms with van der Waals surface area (Å²) < 4.78 is 0. The van der Waals surface area contributed by atoms with E-state index in [1.54, 1.807) is 18.5 Å². The fraction of sp³-hybridized carbons (Fsp3) is 0.357. The van der Waals surface area contributed by atoms with Crippen LogP contribution in [0.25, 0.3) is 10.8 Å². The molecule has 5 nitrogen and oxygen atoms in total. The summed E-state index contributed by atoms with van der Waals surface area (Å²) in [6.45, 7) is 3.04. The fourth-order valence-corrected chi connectivity index (χ4v) is 2.09. The number of pyridine rings is 1. The molecule has 0 amide bonds. The molecule has 1 heterocycles. The third-order valence-corrected chi connectivity index (χ3v) is 3.09. The summed E-state index contributed by atoms with van der Waals surface area (Å²) in [6.07, 6.45) is 6.65. The normalized spacial score (nSPS) is 10.6. The molecular weight excluding hydrogens is 242 g/mol. The van der Waals surface area contributed by atoms with Crippen molar-refractivity contribution in [2.75, 3.05) is 11.9 Å². The van der Waals surface area contributed by atoms with E-state index in [0.717, 1.165) is 24.0 Å². The molecule has 5 heteroatoms. The summed E-state index contributed by atoms with van der Waals surface area (Å²) in [4.78, 5) is 14.6. The minimum absolute atomic E-state index is 0.0993. The lowest BCUT2D eigenvalue weighted by Gasteiger charge is -2.09. The van der Waals surface area contributed by atoms with E-state index >= 15 is 0 Å². The van der Waals surface area contributed by atoms with Crippen LogP contribution in [0.5, 0.6) is 0 Å². The van der Waals surface area contributed by atoms with Gasteiger partial charge in [0.05, 0.1) is 10.3 Å². The minimum Gasteiger partial charge on any atom is -0.385 e. The largest absolute Gasteiger partial charge is 0.385 e. The van der Waals surface area contributed by atoms with Gasteiger partial charge in [-0.2, -0.15) is 0 Å². The van der Waals surface area contributed by atoms with Crippen molar-refractivity contribution >= 4 is 22.1 Å². The molecule has 0 saturated carbocycles. The molecule has 1 aromatic carbocycles. The quantitative estimate of drug-likeness (QED) is 0.487. The van der Waals surface area contributed by atoms with Crippen LogP contribution in [0.15, 0.2) is 30.6 Å². The van der Waals surface area contributed by atoms with E-state index < -0.39 is 0 Å². The second-order valence-electron chi connectivity index (χ2n) is 4.44. The van der Waals surface area contributed by atoms with Gasteiger partial charge < -0.3 is 5.32 Å². The number of hydrogen-bond donors (Lipinski definition) is 1. The summed E-state index contributed by atoms with van der Waals surface area (Å²) in [5, 5.41) is 15.7. The van der Waals surface area contributed by atoms with Crippen molar-refractivity contribution in [3.8, 4) is 0 Å². The molecule has 0 aliphatic rings. The molecule has 0 atom stereocenters. The first-order chi connectivity index (χ1) is 9.24. The number of nitro groups is 1. The number of nitrogens with one attached hydrogen (secondary N) is 1. The molecule has 19 heavy (non-hydrogen) atoms. The summed E-state index contributed by atoms with van der Waals surface area (Å²) in [5.74, 6) is 0. The molecule has 100 valence electrons. The van der Waals surface area contributed by atoms with E-state index in [2.05, 4.69) is 17.2 Å². The molecule has 1 aromatic heterocycles. The number of fused-ring (bicyclic) bond motifs is 1. The minimum atomic E-state index is -0.370.